The maximum atomic E-state index is 12.2. The summed E-state index contributed by atoms with van der Waals surface area (Å²) in [6, 6.07) is 6.06. The minimum atomic E-state index is 0.0188. The Morgan fingerprint density at radius 2 is 2.05 bits per heavy atom. The van der Waals surface area contributed by atoms with Crippen LogP contribution < -0.4 is 4.90 Å². The molecule has 1 aliphatic rings. The molecule has 3 rings (SSSR count). The molecular weight excluding hydrogens is 242 g/mol. The van der Waals surface area contributed by atoms with E-state index in [-0.39, 0.29) is 11.8 Å². The third-order valence-corrected chi connectivity index (χ3v) is 3.58. The maximum absolute atomic E-state index is 12.2. The number of nitrogens with zero attached hydrogens (tertiary/aromatic N) is 3. The molecule has 1 unspecified atom stereocenters. The van der Waals surface area contributed by atoms with E-state index in [0.717, 1.165) is 16.8 Å². The second kappa shape index (κ2) is 4.50. The monoisotopic (exact) mass is 257 g/mol. The number of aryl methyl sites for hydroxylation is 2. The molecule has 5 heteroatoms. The molecule has 1 aromatic heterocycles. The molecule has 1 fully saturated rings. The van der Waals surface area contributed by atoms with Crippen LogP contribution >= 0.6 is 0 Å². The summed E-state index contributed by atoms with van der Waals surface area (Å²) in [6.45, 7) is 4.67. The molecule has 5 nitrogen and oxygen atoms in total. The van der Waals surface area contributed by atoms with Crippen LogP contribution in [0.2, 0.25) is 0 Å². The van der Waals surface area contributed by atoms with E-state index in [2.05, 4.69) is 10.1 Å². The van der Waals surface area contributed by atoms with Crippen molar-refractivity contribution in [1.82, 2.24) is 10.1 Å². The molecule has 1 aliphatic heterocycles. The number of aromatic nitrogens is 2. The zero-order valence-electron chi connectivity index (χ0n) is 11.0. The van der Waals surface area contributed by atoms with Gasteiger partial charge in [-0.3, -0.25) is 4.79 Å². The molecular formula is C14H15N3O2. The average Bonchev–Trinajstić information content (AvgIpc) is 2.99. The summed E-state index contributed by atoms with van der Waals surface area (Å²) in [5.74, 6) is 0.750. The highest BCUT2D eigenvalue weighted by molar-refractivity contribution is 5.97. The van der Waals surface area contributed by atoms with Gasteiger partial charge in [-0.05, 0) is 25.0 Å². The van der Waals surface area contributed by atoms with Crippen molar-refractivity contribution < 1.29 is 9.32 Å². The predicted molar refractivity (Wildman–Crippen MR) is 69.9 cm³/mol. The van der Waals surface area contributed by atoms with E-state index in [1.807, 2.05) is 36.9 Å². The predicted octanol–water partition coefficient (Wildman–Crippen LogP) is 2.21. The van der Waals surface area contributed by atoms with Gasteiger partial charge in [0.25, 0.3) is 0 Å². The van der Waals surface area contributed by atoms with E-state index >= 15 is 0 Å². The fraction of sp³-hybridized carbons (Fsp3) is 0.357. The lowest BCUT2D eigenvalue weighted by atomic mass is 10.1. The first-order valence-electron chi connectivity index (χ1n) is 6.29. The summed E-state index contributed by atoms with van der Waals surface area (Å²) in [4.78, 5) is 18.1. The van der Waals surface area contributed by atoms with Gasteiger partial charge in [0.05, 0.1) is 0 Å². The number of anilines is 1. The SMILES string of the molecule is Cc1cccc(C)c1N1CC(c2ncon2)CC1=O. The van der Waals surface area contributed by atoms with Crippen molar-refractivity contribution >= 4 is 11.6 Å². The van der Waals surface area contributed by atoms with Crippen LogP contribution in [0.15, 0.2) is 29.1 Å². The highest BCUT2D eigenvalue weighted by Gasteiger charge is 2.35. The van der Waals surface area contributed by atoms with Crippen molar-refractivity contribution in [3.63, 3.8) is 0 Å². The Balaban J connectivity index is 1.93. The standard InChI is InChI=1S/C14H15N3O2/c1-9-4-3-5-10(2)13(9)17-7-11(6-12(17)18)14-15-8-19-16-14/h3-5,8,11H,6-7H2,1-2H3. The van der Waals surface area contributed by atoms with Gasteiger partial charge in [-0.2, -0.15) is 4.98 Å². The highest BCUT2D eigenvalue weighted by atomic mass is 16.5. The summed E-state index contributed by atoms with van der Waals surface area (Å²) < 4.78 is 4.76. The molecule has 1 aromatic carbocycles. The van der Waals surface area contributed by atoms with Crippen LogP contribution in [-0.4, -0.2) is 22.6 Å². The van der Waals surface area contributed by atoms with Gasteiger partial charge in [0.15, 0.2) is 5.82 Å². The van der Waals surface area contributed by atoms with E-state index in [1.54, 1.807) is 0 Å². The van der Waals surface area contributed by atoms with Gasteiger partial charge in [-0.25, -0.2) is 0 Å². The summed E-state index contributed by atoms with van der Waals surface area (Å²) in [6.07, 6.45) is 1.74. The lowest BCUT2D eigenvalue weighted by molar-refractivity contribution is -0.117. The van der Waals surface area contributed by atoms with E-state index in [1.165, 1.54) is 6.39 Å². The number of para-hydroxylation sites is 1. The lowest BCUT2D eigenvalue weighted by Gasteiger charge is -2.21. The Hall–Kier alpha value is -2.17. The summed E-state index contributed by atoms with van der Waals surface area (Å²) in [7, 11) is 0. The van der Waals surface area contributed by atoms with Crippen LogP contribution in [0.4, 0.5) is 5.69 Å². The van der Waals surface area contributed by atoms with Crippen molar-refractivity contribution in [3.05, 3.63) is 41.5 Å². The topological polar surface area (TPSA) is 59.2 Å². The Labute approximate surface area is 111 Å². The van der Waals surface area contributed by atoms with Crippen LogP contribution in [0.5, 0.6) is 0 Å². The lowest BCUT2D eigenvalue weighted by Crippen LogP contribution is -2.26. The van der Waals surface area contributed by atoms with Gasteiger partial charge in [0, 0.05) is 24.6 Å². The zero-order chi connectivity index (χ0) is 13.4. The molecule has 0 N–H and O–H groups in total. The molecule has 0 aliphatic carbocycles. The molecule has 19 heavy (non-hydrogen) atoms. The van der Waals surface area contributed by atoms with Crippen LogP contribution in [0.1, 0.15) is 29.3 Å². The maximum Gasteiger partial charge on any atom is 0.227 e. The van der Waals surface area contributed by atoms with Crippen LogP contribution in [0.3, 0.4) is 0 Å². The summed E-state index contributed by atoms with van der Waals surface area (Å²) in [5, 5.41) is 3.84. The summed E-state index contributed by atoms with van der Waals surface area (Å²) in [5.41, 5.74) is 3.24. The second-order valence-corrected chi connectivity index (χ2v) is 4.94. The molecule has 0 saturated carbocycles. The molecule has 1 atom stereocenters. The Morgan fingerprint density at radius 3 is 2.68 bits per heavy atom. The smallest absolute Gasteiger partial charge is 0.227 e. The van der Waals surface area contributed by atoms with Crippen molar-refractivity contribution in [3.8, 4) is 0 Å². The summed E-state index contributed by atoms with van der Waals surface area (Å²) >= 11 is 0. The van der Waals surface area contributed by atoms with Gasteiger partial charge >= 0.3 is 0 Å². The van der Waals surface area contributed by atoms with Crippen molar-refractivity contribution in [1.29, 1.82) is 0 Å². The molecule has 0 spiro atoms. The number of hydrogen-bond acceptors (Lipinski definition) is 4. The van der Waals surface area contributed by atoms with Gasteiger partial charge in [-0.15, -0.1) is 0 Å². The fourth-order valence-corrected chi connectivity index (χ4v) is 2.69. The van der Waals surface area contributed by atoms with Crippen LogP contribution in [0, 0.1) is 13.8 Å². The number of hydrogen-bond donors (Lipinski definition) is 0. The Bertz CT molecular complexity index is 587. The Kier molecular flexibility index (Phi) is 2.81. The highest BCUT2D eigenvalue weighted by Crippen LogP contribution is 2.33. The zero-order valence-corrected chi connectivity index (χ0v) is 11.0. The number of carbonyl (C=O) groups is 1. The molecule has 0 bridgehead atoms. The van der Waals surface area contributed by atoms with E-state index in [0.29, 0.717) is 18.8 Å². The average molecular weight is 257 g/mol. The first-order chi connectivity index (χ1) is 9.16. The van der Waals surface area contributed by atoms with Crippen LogP contribution in [-0.2, 0) is 4.79 Å². The van der Waals surface area contributed by atoms with E-state index < -0.39 is 0 Å². The number of rotatable bonds is 2. The third kappa shape index (κ3) is 2.01. The van der Waals surface area contributed by atoms with Crippen molar-refractivity contribution in [2.24, 2.45) is 0 Å². The fourth-order valence-electron chi connectivity index (χ4n) is 2.69. The quantitative estimate of drug-likeness (QED) is 0.827. The van der Waals surface area contributed by atoms with Gasteiger partial charge < -0.3 is 9.42 Å². The second-order valence-electron chi connectivity index (χ2n) is 4.94. The number of benzene rings is 1. The molecule has 1 saturated heterocycles. The van der Waals surface area contributed by atoms with Crippen LogP contribution in [0.25, 0.3) is 0 Å². The van der Waals surface area contributed by atoms with E-state index in [9.17, 15) is 4.79 Å². The molecule has 2 aromatic rings. The first-order valence-corrected chi connectivity index (χ1v) is 6.29. The Morgan fingerprint density at radius 1 is 1.32 bits per heavy atom. The normalized spacial score (nSPS) is 19.2. The molecule has 2 heterocycles. The first kappa shape index (κ1) is 11.9. The van der Waals surface area contributed by atoms with Crippen molar-refractivity contribution in [2.75, 3.05) is 11.4 Å². The van der Waals surface area contributed by atoms with Gasteiger partial charge in [0.2, 0.25) is 12.3 Å². The van der Waals surface area contributed by atoms with Gasteiger partial charge in [-0.1, -0.05) is 23.4 Å². The number of amides is 1. The minimum absolute atomic E-state index is 0.0188. The molecule has 98 valence electrons. The van der Waals surface area contributed by atoms with Gasteiger partial charge in [0.1, 0.15) is 0 Å². The third-order valence-electron chi connectivity index (χ3n) is 3.58. The largest absolute Gasteiger partial charge is 0.343 e. The van der Waals surface area contributed by atoms with E-state index in [4.69, 9.17) is 4.52 Å². The number of carbonyl (C=O) groups excluding carboxylic acids is 1. The molecule has 1 amide bonds. The minimum Gasteiger partial charge on any atom is -0.343 e. The van der Waals surface area contributed by atoms with Crippen molar-refractivity contribution in [2.45, 2.75) is 26.2 Å². The molecule has 0 radical (unpaired) electrons.